The monoisotopic (exact) mass is 436 g/mol. The van der Waals surface area contributed by atoms with E-state index in [1.807, 2.05) is 6.92 Å². The molecule has 0 spiro atoms. The molecule has 0 radical (unpaired) electrons. The van der Waals surface area contributed by atoms with Crippen LogP contribution in [0.25, 0.3) is 0 Å². The van der Waals surface area contributed by atoms with Crippen molar-refractivity contribution in [3.05, 3.63) is 47.5 Å². The van der Waals surface area contributed by atoms with Gasteiger partial charge in [-0.15, -0.1) is 0 Å². The molecule has 1 N–H and O–H groups in total. The van der Waals surface area contributed by atoms with Gasteiger partial charge in [0.2, 0.25) is 0 Å². The molecule has 0 bridgehead atoms. The summed E-state index contributed by atoms with van der Waals surface area (Å²) in [5, 5.41) is 2.78. The molecule has 2 aromatic rings. The van der Waals surface area contributed by atoms with Crippen LogP contribution in [0.5, 0.6) is 11.5 Å². The largest absolute Gasteiger partial charge is 0.493 e. The number of hydrogen-bond acceptors (Lipinski definition) is 6. The summed E-state index contributed by atoms with van der Waals surface area (Å²) in [4.78, 5) is 13.0. The summed E-state index contributed by atoms with van der Waals surface area (Å²) >= 11 is 0. The first kappa shape index (κ1) is 23.5. The van der Waals surface area contributed by atoms with E-state index < -0.39 is 15.9 Å². The van der Waals surface area contributed by atoms with E-state index in [1.165, 1.54) is 45.5 Å². The first-order chi connectivity index (χ1) is 14.3. The molecule has 2 aromatic carbocycles. The summed E-state index contributed by atoms with van der Waals surface area (Å²) in [7, 11) is 1.98. The van der Waals surface area contributed by atoms with Gasteiger partial charge in [-0.2, -0.15) is 0 Å². The second-order valence-corrected chi connectivity index (χ2v) is 8.58. The normalized spacial score (nSPS) is 11.1. The Hall–Kier alpha value is -2.78. The van der Waals surface area contributed by atoms with Crippen LogP contribution >= 0.6 is 0 Å². The zero-order chi connectivity index (χ0) is 22.3. The van der Waals surface area contributed by atoms with Crippen molar-refractivity contribution in [3.8, 4) is 11.5 Å². The Morgan fingerprint density at radius 3 is 2.20 bits per heavy atom. The average molecular weight is 437 g/mol. The SMILES string of the molecule is COCCCNC(=O)c1cc(OC)c(OC)cc1N(C)S(=O)(=O)c1ccc(C)cc1. The Bertz CT molecular complexity index is 974. The Kier molecular flexibility index (Phi) is 8.08. The van der Waals surface area contributed by atoms with Crippen molar-refractivity contribution in [2.75, 3.05) is 45.8 Å². The minimum Gasteiger partial charge on any atom is -0.493 e. The van der Waals surface area contributed by atoms with Gasteiger partial charge in [-0.25, -0.2) is 8.42 Å². The molecule has 0 aliphatic rings. The van der Waals surface area contributed by atoms with Crippen LogP contribution in [0.15, 0.2) is 41.3 Å². The molecule has 9 heteroatoms. The van der Waals surface area contributed by atoms with Crippen LogP contribution in [0.1, 0.15) is 22.3 Å². The number of hydrogen-bond donors (Lipinski definition) is 1. The van der Waals surface area contributed by atoms with Crippen molar-refractivity contribution in [1.29, 1.82) is 0 Å². The van der Waals surface area contributed by atoms with Crippen molar-refractivity contribution in [3.63, 3.8) is 0 Å². The molecule has 0 heterocycles. The maximum Gasteiger partial charge on any atom is 0.264 e. The van der Waals surface area contributed by atoms with Gasteiger partial charge in [0.25, 0.3) is 15.9 Å². The molecule has 0 fully saturated rings. The molecular weight excluding hydrogens is 408 g/mol. The summed E-state index contributed by atoms with van der Waals surface area (Å²) in [6.07, 6.45) is 0.627. The number of carbonyl (C=O) groups excluding carboxylic acids is 1. The minimum absolute atomic E-state index is 0.122. The van der Waals surface area contributed by atoms with Crippen LogP contribution in [0.4, 0.5) is 5.69 Å². The van der Waals surface area contributed by atoms with Crippen LogP contribution < -0.4 is 19.1 Å². The van der Waals surface area contributed by atoms with E-state index in [2.05, 4.69) is 5.32 Å². The zero-order valence-electron chi connectivity index (χ0n) is 17.9. The molecular formula is C21H28N2O6S. The number of nitrogens with one attached hydrogen (secondary N) is 1. The second kappa shape index (κ2) is 10.3. The highest BCUT2D eigenvalue weighted by atomic mass is 32.2. The summed E-state index contributed by atoms with van der Waals surface area (Å²) in [5.41, 5.74) is 1.28. The third kappa shape index (κ3) is 5.22. The van der Waals surface area contributed by atoms with Gasteiger partial charge in [-0.1, -0.05) is 17.7 Å². The molecule has 0 aromatic heterocycles. The molecule has 8 nitrogen and oxygen atoms in total. The van der Waals surface area contributed by atoms with Crippen LogP contribution in [0.3, 0.4) is 0 Å². The third-order valence-electron chi connectivity index (χ3n) is 4.58. The summed E-state index contributed by atoms with van der Waals surface area (Å²) in [5.74, 6) is 0.215. The Labute approximate surface area is 177 Å². The maximum atomic E-state index is 13.2. The lowest BCUT2D eigenvalue weighted by molar-refractivity contribution is 0.0949. The van der Waals surface area contributed by atoms with Gasteiger partial charge in [0.15, 0.2) is 11.5 Å². The topological polar surface area (TPSA) is 94.2 Å². The fraction of sp³-hybridized carbons (Fsp3) is 0.381. The fourth-order valence-corrected chi connectivity index (χ4v) is 4.03. The molecule has 0 saturated heterocycles. The molecule has 2 rings (SSSR count). The van der Waals surface area contributed by atoms with Gasteiger partial charge in [0, 0.05) is 33.4 Å². The van der Waals surface area contributed by atoms with E-state index in [0.717, 1.165) is 9.87 Å². The van der Waals surface area contributed by atoms with Crippen molar-refractivity contribution in [2.45, 2.75) is 18.2 Å². The summed E-state index contributed by atoms with van der Waals surface area (Å²) in [6.45, 7) is 2.76. The fourth-order valence-electron chi connectivity index (χ4n) is 2.82. The number of benzene rings is 2. The van der Waals surface area contributed by atoms with Gasteiger partial charge < -0.3 is 19.5 Å². The van der Waals surface area contributed by atoms with Crippen molar-refractivity contribution >= 4 is 21.6 Å². The van der Waals surface area contributed by atoms with Gasteiger partial charge in [0.05, 0.1) is 30.4 Å². The summed E-state index contributed by atoms with van der Waals surface area (Å²) < 4.78 is 43.0. The van der Waals surface area contributed by atoms with Crippen LogP contribution in [-0.2, 0) is 14.8 Å². The van der Waals surface area contributed by atoms with Crippen LogP contribution in [0.2, 0.25) is 0 Å². The Balaban J connectivity index is 2.50. The number of ether oxygens (including phenoxy) is 3. The standard InChI is InChI=1S/C21H28N2O6S/c1-15-7-9-16(10-8-15)30(25,26)23(2)18-14-20(29-5)19(28-4)13-17(18)21(24)22-11-6-12-27-3/h7-10,13-14H,6,11-12H2,1-5H3,(H,22,24). The molecule has 0 unspecified atom stereocenters. The van der Waals surface area contributed by atoms with Gasteiger partial charge in [-0.3, -0.25) is 9.10 Å². The number of carbonyl (C=O) groups is 1. The predicted molar refractivity (Wildman–Crippen MR) is 115 cm³/mol. The van der Waals surface area contributed by atoms with E-state index in [4.69, 9.17) is 14.2 Å². The highest BCUT2D eigenvalue weighted by Crippen LogP contribution is 2.36. The van der Waals surface area contributed by atoms with Gasteiger partial charge in [0.1, 0.15) is 0 Å². The smallest absolute Gasteiger partial charge is 0.264 e. The van der Waals surface area contributed by atoms with E-state index in [9.17, 15) is 13.2 Å². The highest BCUT2D eigenvalue weighted by molar-refractivity contribution is 7.92. The molecule has 0 aliphatic heterocycles. The number of methoxy groups -OCH3 is 3. The van der Waals surface area contributed by atoms with E-state index in [-0.39, 0.29) is 16.1 Å². The maximum absolute atomic E-state index is 13.2. The number of rotatable bonds is 10. The first-order valence-electron chi connectivity index (χ1n) is 9.35. The summed E-state index contributed by atoms with van der Waals surface area (Å²) in [6, 6.07) is 9.46. The number of nitrogens with zero attached hydrogens (tertiary/aromatic N) is 1. The number of sulfonamides is 1. The average Bonchev–Trinajstić information content (AvgIpc) is 2.75. The number of amides is 1. The Morgan fingerprint density at radius 1 is 1.03 bits per heavy atom. The lowest BCUT2D eigenvalue weighted by Crippen LogP contribution is -2.31. The molecule has 30 heavy (non-hydrogen) atoms. The van der Waals surface area contributed by atoms with Crippen molar-refractivity contribution in [2.24, 2.45) is 0 Å². The lowest BCUT2D eigenvalue weighted by Gasteiger charge is -2.24. The van der Waals surface area contributed by atoms with Crippen molar-refractivity contribution in [1.82, 2.24) is 5.32 Å². The first-order valence-corrected chi connectivity index (χ1v) is 10.8. The number of anilines is 1. The van der Waals surface area contributed by atoms with Crippen molar-refractivity contribution < 1.29 is 27.4 Å². The van der Waals surface area contributed by atoms with E-state index >= 15 is 0 Å². The predicted octanol–water partition coefficient (Wildman–Crippen LogP) is 2.60. The molecule has 164 valence electrons. The second-order valence-electron chi connectivity index (χ2n) is 6.61. The van der Waals surface area contributed by atoms with E-state index in [1.54, 1.807) is 19.2 Å². The molecule has 0 aliphatic carbocycles. The van der Waals surface area contributed by atoms with E-state index in [0.29, 0.717) is 31.1 Å². The Morgan fingerprint density at radius 2 is 1.63 bits per heavy atom. The quantitative estimate of drug-likeness (QED) is 0.576. The van der Waals surface area contributed by atoms with Crippen LogP contribution in [-0.4, -0.2) is 55.9 Å². The van der Waals surface area contributed by atoms with Crippen LogP contribution in [0, 0.1) is 6.92 Å². The lowest BCUT2D eigenvalue weighted by atomic mass is 10.1. The van der Waals surface area contributed by atoms with Gasteiger partial charge in [-0.05, 0) is 31.5 Å². The van der Waals surface area contributed by atoms with Gasteiger partial charge >= 0.3 is 0 Å². The molecule has 1 amide bonds. The zero-order valence-corrected chi connectivity index (χ0v) is 18.7. The minimum atomic E-state index is -3.90. The molecule has 0 atom stereocenters. The third-order valence-corrected chi connectivity index (χ3v) is 6.36. The highest BCUT2D eigenvalue weighted by Gasteiger charge is 2.27. The molecule has 0 saturated carbocycles. The number of aryl methyl sites for hydroxylation is 1.